The lowest BCUT2D eigenvalue weighted by Gasteiger charge is -2.20. The van der Waals surface area contributed by atoms with E-state index >= 15 is 0 Å². The van der Waals surface area contributed by atoms with E-state index in [4.69, 9.17) is 0 Å². The third-order valence-electron chi connectivity index (χ3n) is 5.72. The van der Waals surface area contributed by atoms with Crippen LogP contribution in [-0.4, -0.2) is 65.1 Å². The molecule has 1 aliphatic rings. The third-order valence-corrected chi connectivity index (χ3v) is 6.76. The lowest BCUT2D eigenvalue weighted by Crippen LogP contribution is -2.35. The molecule has 0 aromatic carbocycles. The topological polar surface area (TPSA) is 149 Å². The van der Waals surface area contributed by atoms with Gasteiger partial charge < -0.3 is 26.0 Å². The number of aromatic nitrogens is 5. The first-order chi connectivity index (χ1) is 16.0. The van der Waals surface area contributed by atoms with Gasteiger partial charge in [-0.1, -0.05) is 0 Å². The van der Waals surface area contributed by atoms with E-state index in [1.165, 1.54) is 11.3 Å². The average Bonchev–Trinajstić information content (AvgIpc) is 3.35. The van der Waals surface area contributed by atoms with Crippen LogP contribution < -0.4 is 10.6 Å². The average molecular weight is 466 g/mol. The molecule has 1 fully saturated rings. The van der Waals surface area contributed by atoms with E-state index in [2.05, 4.69) is 35.6 Å². The molecule has 0 radical (unpaired) electrons. The van der Waals surface area contributed by atoms with Crippen molar-refractivity contribution in [1.82, 2.24) is 24.9 Å². The molecule has 5 rings (SSSR count). The first kappa shape index (κ1) is 21.6. The van der Waals surface area contributed by atoms with Gasteiger partial charge in [0, 0.05) is 48.7 Å². The number of nitrogens with zero attached hydrogens (tertiary/aromatic N) is 5. The van der Waals surface area contributed by atoms with Crippen LogP contribution in [0.3, 0.4) is 0 Å². The number of nitrogens with one attached hydrogen (secondary N) is 2. The summed E-state index contributed by atoms with van der Waals surface area (Å²) < 4.78 is 0.935. The van der Waals surface area contributed by atoms with Gasteiger partial charge >= 0.3 is 0 Å². The van der Waals surface area contributed by atoms with Gasteiger partial charge in [-0.05, 0) is 31.5 Å². The second-order valence-electron chi connectivity index (χ2n) is 8.04. The van der Waals surface area contributed by atoms with Gasteiger partial charge in [0.05, 0.1) is 27.9 Å². The van der Waals surface area contributed by atoms with Gasteiger partial charge in [0.15, 0.2) is 0 Å². The molecule has 4 heterocycles. The Morgan fingerprint density at radius 1 is 1.09 bits per heavy atom. The predicted octanol–water partition coefficient (Wildman–Crippen LogP) is 2.11. The Morgan fingerprint density at radius 3 is 2.73 bits per heavy atom. The molecule has 5 N–H and O–H groups in total. The molecule has 0 saturated heterocycles. The number of anilines is 3. The summed E-state index contributed by atoms with van der Waals surface area (Å²) in [6, 6.07) is 5.06. The Morgan fingerprint density at radius 2 is 1.97 bits per heavy atom. The fourth-order valence-corrected chi connectivity index (χ4v) is 4.92. The van der Waals surface area contributed by atoms with Crippen molar-refractivity contribution in [1.29, 1.82) is 0 Å². The van der Waals surface area contributed by atoms with E-state index in [0.29, 0.717) is 28.8 Å². The maximum atomic E-state index is 10.5. The largest absolute Gasteiger partial charge is 0.396 e. The smallest absolute Gasteiger partial charge is 0.229 e. The van der Waals surface area contributed by atoms with E-state index < -0.39 is 24.2 Å². The lowest BCUT2D eigenvalue weighted by molar-refractivity contribution is 0.00446. The summed E-state index contributed by atoms with van der Waals surface area (Å²) in [5, 5.41) is 37.4. The Kier molecular flexibility index (Phi) is 5.85. The van der Waals surface area contributed by atoms with Crippen LogP contribution in [0.4, 0.5) is 17.5 Å². The SMILES string of the molecule is Cc1cc(Nc2ncc(-c3nc4ccncc4s3)c(N[C@@H]3C[C@H](CO)[C@@H](O)[C@H]3O)n2)ccn1. The molecule has 0 unspecified atom stereocenters. The number of hydrogen-bond acceptors (Lipinski definition) is 11. The highest BCUT2D eigenvalue weighted by atomic mass is 32.1. The van der Waals surface area contributed by atoms with E-state index in [1.54, 1.807) is 24.8 Å². The highest BCUT2D eigenvalue weighted by molar-refractivity contribution is 7.21. The van der Waals surface area contributed by atoms with Crippen LogP contribution in [0.5, 0.6) is 0 Å². The fraction of sp³-hybridized carbons (Fsp3) is 0.318. The number of aryl methyl sites for hydroxylation is 1. The minimum Gasteiger partial charge on any atom is -0.396 e. The highest BCUT2D eigenvalue weighted by Gasteiger charge is 2.41. The minimum atomic E-state index is -1.04. The van der Waals surface area contributed by atoms with Crippen molar-refractivity contribution in [3.05, 3.63) is 48.7 Å². The molecular weight excluding hydrogens is 442 g/mol. The van der Waals surface area contributed by atoms with E-state index in [1.807, 2.05) is 25.1 Å². The summed E-state index contributed by atoms with van der Waals surface area (Å²) in [6.07, 6.45) is 5.18. The molecule has 0 bridgehead atoms. The van der Waals surface area contributed by atoms with Gasteiger partial charge in [-0.15, -0.1) is 11.3 Å². The summed E-state index contributed by atoms with van der Waals surface area (Å²) in [6.45, 7) is 1.70. The summed E-state index contributed by atoms with van der Waals surface area (Å²) in [5.41, 5.74) is 3.14. The number of aliphatic hydroxyl groups excluding tert-OH is 3. The normalized spacial score (nSPS) is 22.5. The van der Waals surface area contributed by atoms with Crippen LogP contribution in [0.15, 0.2) is 43.0 Å². The molecule has 170 valence electrons. The van der Waals surface area contributed by atoms with Crippen molar-refractivity contribution in [2.75, 3.05) is 17.2 Å². The molecule has 4 aromatic heterocycles. The number of pyridine rings is 2. The fourth-order valence-electron chi connectivity index (χ4n) is 3.98. The number of thiazole rings is 1. The highest BCUT2D eigenvalue weighted by Crippen LogP contribution is 2.36. The van der Waals surface area contributed by atoms with Gasteiger partial charge in [-0.25, -0.2) is 9.97 Å². The molecule has 4 atom stereocenters. The first-order valence-electron chi connectivity index (χ1n) is 10.5. The van der Waals surface area contributed by atoms with Gasteiger partial charge in [-0.3, -0.25) is 9.97 Å². The predicted molar refractivity (Wildman–Crippen MR) is 125 cm³/mol. The summed E-state index contributed by atoms with van der Waals surface area (Å²) >= 11 is 1.47. The molecule has 0 amide bonds. The molecule has 1 saturated carbocycles. The van der Waals surface area contributed by atoms with Crippen LogP contribution in [0.2, 0.25) is 0 Å². The van der Waals surface area contributed by atoms with Crippen molar-refractivity contribution >= 4 is 39.0 Å². The zero-order valence-electron chi connectivity index (χ0n) is 17.8. The quantitative estimate of drug-likeness (QED) is 0.286. The van der Waals surface area contributed by atoms with Gasteiger partial charge in [-0.2, -0.15) is 4.98 Å². The van der Waals surface area contributed by atoms with Crippen LogP contribution >= 0.6 is 11.3 Å². The monoisotopic (exact) mass is 465 g/mol. The number of rotatable bonds is 6. The van der Waals surface area contributed by atoms with E-state index in [0.717, 1.165) is 21.6 Å². The van der Waals surface area contributed by atoms with Crippen molar-refractivity contribution in [2.24, 2.45) is 5.92 Å². The Labute approximate surface area is 193 Å². The van der Waals surface area contributed by atoms with Crippen LogP contribution in [0.1, 0.15) is 12.1 Å². The summed E-state index contributed by atoms with van der Waals surface area (Å²) in [7, 11) is 0. The molecule has 0 aliphatic heterocycles. The maximum absolute atomic E-state index is 10.5. The Balaban J connectivity index is 1.52. The van der Waals surface area contributed by atoms with E-state index in [9.17, 15) is 15.3 Å². The zero-order valence-corrected chi connectivity index (χ0v) is 18.6. The van der Waals surface area contributed by atoms with Gasteiger partial charge in [0.2, 0.25) is 5.95 Å². The molecule has 4 aromatic rings. The number of aliphatic hydroxyl groups is 3. The second kappa shape index (κ2) is 8.94. The van der Waals surface area contributed by atoms with E-state index in [-0.39, 0.29) is 6.61 Å². The second-order valence-corrected chi connectivity index (χ2v) is 9.07. The number of hydrogen-bond donors (Lipinski definition) is 5. The van der Waals surface area contributed by atoms with Crippen molar-refractivity contribution in [3.63, 3.8) is 0 Å². The molecule has 33 heavy (non-hydrogen) atoms. The van der Waals surface area contributed by atoms with Crippen molar-refractivity contribution in [3.8, 4) is 10.6 Å². The molecule has 1 aliphatic carbocycles. The Hall–Kier alpha value is -3.25. The summed E-state index contributed by atoms with van der Waals surface area (Å²) in [5.74, 6) is 0.426. The zero-order chi connectivity index (χ0) is 22.9. The molecule has 0 spiro atoms. The maximum Gasteiger partial charge on any atom is 0.229 e. The Bertz CT molecular complexity index is 1250. The third kappa shape index (κ3) is 4.35. The van der Waals surface area contributed by atoms with Crippen LogP contribution in [0.25, 0.3) is 20.8 Å². The van der Waals surface area contributed by atoms with Crippen molar-refractivity contribution < 1.29 is 15.3 Å². The van der Waals surface area contributed by atoms with Crippen molar-refractivity contribution in [2.45, 2.75) is 31.6 Å². The van der Waals surface area contributed by atoms with Crippen LogP contribution in [-0.2, 0) is 0 Å². The van der Waals surface area contributed by atoms with Crippen LogP contribution in [0, 0.1) is 12.8 Å². The van der Waals surface area contributed by atoms with Gasteiger partial charge in [0.25, 0.3) is 0 Å². The molecular formula is C22H23N7O3S. The molecule has 10 nitrogen and oxygen atoms in total. The summed E-state index contributed by atoms with van der Waals surface area (Å²) in [4.78, 5) is 22.2. The van der Waals surface area contributed by atoms with Gasteiger partial charge in [0.1, 0.15) is 16.9 Å². The minimum absolute atomic E-state index is 0.202. The lowest BCUT2D eigenvalue weighted by atomic mass is 10.1. The first-order valence-corrected chi connectivity index (χ1v) is 11.3. The number of fused-ring (bicyclic) bond motifs is 1. The molecule has 11 heteroatoms. The standard InChI is InChI=1S/C22H23N7O3S/c1-11-6-13(2-5-24-11)26-22-25-8-14(21-28-15-3-4-23-9-17(15)33-21)20(29-22)27-16-7-12(10-30)18(31)19(16)32/h2-6,8-9,12,16,18-19,30-32H,7,10H2,1H3,(H2,24,25,26,27,29)/t12-,16-,18-,19+/m1/s1.